The Morgan fingerprint density at radius 3 is 2.43 bits per heavy atom. The number of primary amides is 1. The number of fused-ring (bicyclic) bond motifs is 1. The van der Waals surface area contributed by atoms with Crippen LogP contribution >= 0.6 is 11.8 Å². The second-order valence-electron chi connectivity index (χ2n) is 8.26. The van der Waals surface area contributed by atoms with Gasteiger partial charge in [-0.25, -0.2) is 8.42 Å². The zero-order valence-corrected chi connectivity index (χ0v) is 20.3. The maximum atomic E-state index is 13.3. The smallest absolute Gasteiger partial charge is 0.338 e. The van der Waals surface area contributed by atoms with Crippen LogP contribution in [0.1, 0.15) is 22.3 Å². The molecule has 2 saturated heterocycles. The van der Waals surface area contributed by atoms with Crippen LogP contribution in [0.4, 0.5) is 4.79 Å². The summed E-state index contributed by atoms with van der Waals surface area (Å²) in [5, 5.41) is -1.56. The number of likely N-dealkylation sites (tertiary alicyclic amines) is 2. The minimum atomic E-state index is -4.54. The molecule has 2 aliphatic rings. The fraction of sp³-hybridized carbons (Fsp3) is 0.292. The van der Waals surface area contributed by atoms with Crippen molar-refractivity contribution in [1.82, 2.24) is 9.80 Å². The standard InChI is InChI=1S/C24H24N3O6S2/c25-24(31)35(32,33)20-9-5-4-8-17(20)23(30)27-14-19(28)22-18(27)10-12-26(22)21(29)11-13-34-15-16-6-2-1-3-7-16/h1-9,11,18,22H,10,12-15H2,(H2,25,31). The third kappa shape index (κ3) is 4.96. The van der Waals surface area contributed by atoms with Gasteiger partial charge in [-0.3, -0.25) is 19.2 Å². The lowest BCUT2D eigenvalue weighted by Gasteiger charge is -2.25. The minimum Gasteiger partial charge on any atom is -0.356 e. The molecule has 1 radical (unpaired) electrons. The van der Waals surface area contributed by atoms with E-state index in [4.69, 9.17) is 5.73 Å². The number of amides is 3. The Balaban J connectivity index is 1.43. The van der Waals surface area contributed by atoms with Crippen molar-refractivity contribution < 1.29 is 27.6 Å². The fourth-order valence-electron chi connectivity index (χ4n) is 4.48. The van der Waals surface area contributed by atoms with Crippen LogP contribution in [-0.2, 0) is 25.2 Å². The summed E-state index contributed by atoms with van der Waals surface area (Å²) in [6, 6.07) is 13.8. The molecule has 2 aliphatic heterocycles. The maximum Gasteiger partial charge on any atom is 0.338 e. The fourth-order valence-corrected chi connectivity index (χ4v) is 6.20. The van der Waals surface area contributed by atoms with E-state index in [0.717, 1.165) is 17.4 Å². The molecule has 2 atom stereocenters. The highest BCUT2D eigenvalue weighted by molar-refractivity contribution is 8.06. The number of carbonyl (C=O) groups excluding carboxylic acids is 4. The first-order chi connectivity index (χ1) is 16.7. The van der Waals surface area contributed by atoms with E-state index in [1.807, 2.05) is 30.3 Å². The first kappa shape index (κ1) is 24.9. The van der Waals surface area contributed by atoms with Crippen molar-refractivity contribution in [3.05, 3.63) is 72.1 Å². The molecule has 2 aromatic rings. The van der Waals surface area contributed by atoms with Gasteiger partial charge in [0.2, 0.25) is 5.91 Å². The van der Waals surface area contributed by atoms with Gasteiger partial charge in [0.1, 0.15) is 6.04 Å². The average Bonchev–Trinajstić information content (AvgIpc) is 3.43. The third-order valence-corrected chi connectivity index (χ3v) is 8.53. The van der Waals surface area contributed by atoms with E-state index in [1.54, 1.807) is 18.2 Å². The second-order valence-corrected chi connectivity index (χ2v) is 11.1. The van der Waals surface area contributed by atoms with Crippen LogP contribution in [-0.4, -0.2) is 72.0 Å². The molecule has 11 heteroatoms. The molecule has 0 aromatic heterocycles. The van der Waals surface area contributed by atoms with Crippen LogP contribution in [0.5, 0.6) is 0 Å². The quantitative estimate of drug-likeness (QED) is 0.555. The lowest BCUT2D eigenvalue weighted by molar-refractivity contribution is -0.133. The topological polar surface area (TPSA) is 135 Å². The van der Waals surface area contributed by atoms with E-state index < -0.39 is 38.0 Å². The highest BCUT2D eigenvalue weighted by Crippen LogP contribution is 2.32. The van der Waals surface area contributed by atoms with Crippen LogP contribution in [0.3, 0.4) is 0 Å². The number of nitrogens with zero attached hydrogens (tertiary/aromatic N) is 2. The summed E-state index contributed by atoms with van der Waals surface area (Å²) in [5.41, 5.74) is 5.93. The van der Waals surface area contributed by atoms with Crippen LogP contribution in [0.15, 0.2) is 59.5 Å². The summed E-state index contributed by atoms with van der Waals surface area (Å²) in [7, 11) is -4.54. The van der Waals surface area contributed by atoms with Crippen molar-refractivity contribution in [3.63, 3.8) is 0 Å². The number of hydrogen-bond acceptors (Lipinski definition) is 7. The van der Waals surface area contributed by atoms with Gasteiger partial charge in [0.05, 0.1) is 29.5 Å². The monoisotopic (exact) mass is 514 g/mol. The Labute approximate surface area is 207 Å². The molecule has 0 saturated carbocycles. The lowest BCUT2D eigenvalue weighted by Crippen LogP contribution is -2.44. The van der Waals surface area contributed by atoms with Gasteiger partial charge in [-0.1, -0.05) is 42.5 Å². The Morgan fingerprint density at radius 1 is 1.03 bits per heavy atom. The molecule has 2 fully saturated rings. The molecule has 0 bridgehead atoms. The molecule has 2 heterocycles. The predicted molar refractivity (Wildman–Crippen MR) is 130 cm³/mol. The number of thioether (sulfide) groups is 1. The molecule has 183 valence electrons. The zero-order chi connectivity index (χ0) is 25.2. The molecule has 2 N–H and O–H groups in total. The third-order valence-electron chi connectivity index (χ3n) is 6.13. The highest BCUT2D eigenvalue weighted by Gasteiger charge is 2.51. The number of sulfone groups is 1. The van der Waals surface area contributed by atoms with E-state index in [2.05, 4.69) is 0 Å². The first-order valence-corrected chi connectivity index (χ1v) is 13.6. The number of benzene rings is 2. The number of Topliss-reactive ketones (excluding diaryl/α,β-unsaturated/α-hetero) is 1. The number of carbonyl (C=O) groups is 4. The summed E-state index contributed by atoms with van der Waals surface area (Å²) < 4.78 is 24.7. The van der Waals surface area contributed by atoms with E-state index in [-0.39, 0.29) is 23.8 Å². The molecule has 3 amide bonds. The molecule has 9 nitrogen and oxygen atoms in total. The summed E-state index contributed by atoms with van der Waals surface area (Å²) >= 11 is 1.58. The maximum absolute atomic E-state index is 13.3. The summed E-state index contributed by atoms with van der Waals surface area (Å²) in [6.45, 7) is 0.0659. The second kappa shape index (κ2) is 10.2. The largest absolute Gasteiger partial charge is 0.356 e. The Kier molecular flexibility index (Phi) is 7.27. The number of rotatable bonds is 7. The average molecular weight is 515 g/mol. The first-order valence-electron chi connectivity index (χ1n) is 10.9. The molecule has 0 spiro atoms. The van der Waals surface area contributed by atoms with Gasteiger partial charge in [0.15, 0.2) is 5.78 Å². The number of hydrogen-bond donors (Lipinski definition) is 1. The van der Waals surface area contributed by atoms with Crippen molar-refractivity contribution in [1.29, 1.82) is 0 Å². The highest BCUT2D eigenvalue weighted by atomic mass is 32.2. The Morgan fingerprint density at radius 2 is 1.71 bits per heavy atom. The van der Waals surface area contributed by atoms with Crippen molar-refractivity contribution in [2.45, 2.75) is 29.2 Å². The molecular weight excluding hydrogens is 490 g/mol. The Hall–Kier alpha value is -3.18. The number of nitrogens with two attached hydrogens (primary N) is 1. The predicted octanol–water partition coefficient (Wildman–Crippen LogP) is 1.67. The summed E-state index contributed by atoms with van der Waals surface area (Å²) in [6.07, 6.45) is 1.94. The van der Waals surface area contributed by atoms with Crippen molar-refractivity contribution in [3.8, 4) is 0 Å². The molecular formula is C24H24N3O6S2. The molecule has 0 aliphatic carbocycles. The zero-order valence-electron chi connectivity index (χ0n) is 18.7. The van der Waals surface area contributed by atoms with Crippen molar-refractivity contribution in [2.75, 3.05) is 18.8 Å². The minimum absolute atomic E-state index is 0.228. The SMILES string of the molecule is NC(=O)S(=O)(=O)c1ccccc1C(=O)N1CC(=O)C2C1CCN2C(=O)[CH]CSCc1ccccc1. The molecule has 2 unspecified atom stereocenters. The van der Waals surface area contributed by atoms with E-state index >= 15 is 0 Å². The van der Waals surface area contributed by atoms with Gasteiger partial charge in [-0.15, -0.1) is 0 Å². The van der Waals surface area contributed by atoms with Gasteiger partial charge in [-0.05, 0) is 24.1 Å². The van der Waals surface area contributed by atoms with Crippen LogP contribution in [0.25, 0.3) is 0 Å². The molecule has 2 aromatic carbocycles. The van der Waals surface area contributed by atoms with Crippen LogP contribution in [0.2, 0.25) is 0 Å². The van der Waals surface area contributed by atoms with Crippen LogP contribution < -0.4 is 5.73 Å². The van der Waals surface area contributed by atoms with Gasteiger partial charge >= 0.3 is 5.24 Å². The van der Waals surface area contributed by atoms with E-state index in [0.29, 0.717) is 18.7 Å². The van der Waals surface area contributed by atoms with Crippen molar-refractivity contribution >= 4 is 44.4 Å². The summed E-state index contributed by atoms with van der Waals surface area (Å²) in [5.74, 6) is -0.00219. The van der Waals surface area contributed by atoms with Gasteiger partial charge < -0.3 is 15.5 Å². The van der Waals surface area contributed by atoms with Crippen LogP contribution in [0, 0.1) is 6.42 Å². The molecule has 4 rings (SSSR count). The van der Waals surface area contributed by atoms with E-state index in [1.165, 1.54) is 28.0 Å². The number of ketones is 1. The van der Waals surface area contributed by atoms with E-state index in [9.17, 15) is 27.6 Å². The normalized spacial score (nSPS) is 19.6. The van der Waals surface area contributed by atoms with Crippen molar-refractivity contribution in [2.24, 2.45) is 5.73 Å². The van der Waals surface area contributed by atoms with Gasteiger partial charge in [0.25, 0.3) is 15.7 Å². The Bertz CT molecular complexity index is 1270. The van der Waals surface area contributed by atoms with Gasteiger partial charge in [-0.2, -0.15) is 11.8 Å². The lowest BCUT2D eigenvalue weighted by atomic mass is 10.1. The summed E-state index contributed by atoms with van der Waals surface area (Å²) in [4.78, 5) is 52.7. The molecule has 35 heavy (non-hydrogen) atoms. The van der Waals surface area contributed by atoms with Gasteiger partial charge in [0, 0.05) is 18.1 Å².